The standard InChI is InChI=1S/C10H14Br2N2O2S2/c1-17-4-2-3-14-18(15,16)10-8(12)5-7(11)6-9(10)13/h5-6,14H,2-4,13H2,1H3. The molecule has 1 aromatic carbocycles. The normalized spacial score (nSPS) is 11.7. The number of nitrogens with one attached hydrogen (secondary N) is 1. The van der Waals surface area contributed by atoms with E-state index in [1.54, 1.807) is 23.9 Å². The maximum atomic E-state index is 12.1. The minimum Gasteiger partial charge on any atom is -0.398 e. The molecule has 0 unspecified atom stereocenters. The molecule has 1 aromatic rings. The van der Waals surface area contributed by atoms with Gasteiger partial charge in [0.15, 0.2) is 0 Å². The molecule has 0 spiro atoms. The minimum absolute atomic E-state index is 0.0925. The van der Waals surface area contributed by atoms with Crippen molar-refractivity contribution in [2.45, 2.75) is 11.3 Å². The van der Waals surface area contributed by atoms with Crippen LogP contribution in [0, 0.1) is 0 Å². The molecule has 18 heavy (non-hydrogen) atoms. The number of benzene rings is 1. The highest BCUT2D eigenvalue weighted by atomic mass is 79.9. The Labute approximate surface area is 128 Å². The summed E-state index contributed by atoms with van der Waals surface area (Å²) in [5.74, 6) is 0.916. The maximum absolute atomic E-state index is 12.1. The Morgan fingerprint density at radius 1 is 1.39 bits per heavy atom. The Morgan fingerprint density at radius 3 is 2.61 bits per heavy atom. The molecule has 0 heterocycles. The van der Waals surface area contributed by atoms with Crippen LogP contribution in [0.5, 0.6) is 0 Å². The summed E-state index contributed by atoms with van der Waals surface area (Å²) in [4.78, 5) is 0.0925. The lowest BCUT2D eigenvalue weighted by molar-refractivity contribution is 0.581. The molecule has 3 N–H and O–H groups in total. The van der Waals surface area contributed by atoms with E-state index in [-0.39, 0.29) is 10.6 Å². The predicted octanol–water partition coefficient (Wildman–Crippen LogP) is 2.83. The van der Waals surface area contributed by atoms with Crippen LogP contribution < -0.4 is 10.5 Å². The molecule has 4 nitrogen and oxygen atoms in total. The van der Waals surface area contributed by atoms with Gasteiger partial charge < -0.3 is 5.73 Å². The van der Waals surface area contributed by atoms with E-state index in [2.05, 4.69) is 36.6 Å². The molecular weight excluding hydrogens is 404 g/mol. The van der Waals surface area contributed by atoms with Gasteiger partial charge in [-0.3, -0.25) is 0 Å². The average Bonchev–Trinajstić information content (AvgIpc) is 2.22. The molecule has 0 atom stereocenters. The summed E-state index contributed by atoms with van der Waals surface area (Å²) in [6.45, 7) is 0.408. The third-order valence-electron chi connectivity index (χ3n) is 2.12. The summed E-state index contributed by atoms with van der Waals surface area (Å²) in [7, 11) is -3.57. The van der Waals surface area contributed by atoms with Crippen LogP contribution in [-0.4, -0.2) is 27.0 Å². The highest BCUT2D eigenvalue weighted by Crippen LogP contribution is 2.31. The van der Waals surface area contributed by atoms with E-state index in [1.807, 2.05) is 6.26 Å². The Morgan fingerprint density at radius 2 is 2.06 bits per heavy atom. The molecule has 0 aliphatic rings. The lowest BCUT2D eigenvalue weighted by Crippen LogP contribution is -2.26. The summed E-state index contributed by atoms with van der Waals surface area (Å²) >= 11 is 8.16. The van der Waals surface area contributed by atoms with E-state index < -0.39 is 10.0 Å². The highest BCUT2D eigenvalue weighted by molar-refractivity contribution is 9.11. The molecule has 0 saturated carbocycles. The Balaban J connectivity index is 2.92. The highest BCUT2D eigenvalue weighted by Gasteiger charge is 2.20. The monoisotopic (exact) mass is 416 g/mol. The number of sulfonamides is 1. The zero-order valence-corrected chi connectivity index (χ0v) is 14.5. The number of halogens is 2. The van der Waals surface area contributed by atoms with Crippen LogP contribution >= 0.6 is 43.6 Å². The number of hydrogen-bond donors (Lipinski definition) is 2. The van der Waals surface area contributed by atoms with Gasteiger partial charge in [0.25, 0.3) is 0 Å². The van der Waals surface area contributed by atoms with Crippen molar-refractivity contribution < 1.29 is 8.42 Å². The molecule has 0 aromatic heterocycles. The lowest BCUT2D eigenvalue weighted by atomic mass is 10.3. The fourth-order valence-corrected chi connectivity index (χ4v) is 4.93. The maximum Gasteiger partial charge on any atom is 0.243 e. The zero-order valence-electron chi connectivity index (χ0n) is 9.74. The van der Waals surface area contributed by atoms with E-state index in [0.717, 1.165) is 16.6 Å². The lowest BCUT2D eigenvalue weighted by Gasteiger charge is -2.11. The number of rotatable bonds is 6. The van der Waals surface area contributed by atoms with Crippen LogP contribution in [0.4, 0.5) is 5.69 Å². The molecule has 0 aliphatic carbocycles. The smallest absolute Gasteiger partial charge is 0.243 e. The molecule has 0 aliphatic heterocycles. The summed E-state index contributed by atoms with van der Waals surface area (Å²) in [6, 6.07) is 3.23. The number of thioether (sulfide) groups is 1. The van der Waals surface area contributed by atoms with E-state index in [4.69, 9.17) is 5.73 Å². The zero-order chi connectivity index (χ0) is 13.8. The van der Waals surface area contributed by atoms with Crippen molar-refractivity contribution in [3.05, 3.63) is 21.1 Å². The first-order valence-corrected chi connectivity index (χ1v) is 9.58. The third-order valence-corrected chi connectivity index (χ3v) is 5.74. The molecular formula is C10H14Br2N2O2S2. The van der Waals surface area contributed by atoms with Gasteiger partial charge in [0.05, 0.1) is 5.69 Å². The fourth-order valence-electron chi connectivity index (χ4n) is 1.36. The van der Waals surface area contributed by atoms with E-state index >= 15 is 0 Å². The van der Waals surface area contributed by atoms with Gasteiger partial charge in [0, 0.05) is 15.5 Å². The number of hydrogen-bond acceptors (Lipinski definition) is 4. The summed E-state index contributed by atoms with van der Waals surface area (Å²) in [5, 5.41) is 0. The molecule has 0 radical (unpaired) electrons. The number of nitrogens with two attached hydrogens (primary N) is 1. The quantitative estimate of drug-likeness (QED) is 0.551. The molecule has 0 fully saturated rings. The van der Waals surface area contributed by atoms with Gasteiger partial charge in [0.2, 0.25) is 10.0 Å². The van der Waals surface area contributed by atoms with E-state index in [1.165, 1.54) is 0 Å². The average molecular weight is 418 g/mol. The Hall–Kier alpha value is 0.240. The van der Waals surface area contributed by atoms with Crippen molar-refractivity contribution in [3.63, 3.8) is 0 Å². The van der Waals surface area contributed by atoms with Crippen molar-refractivity contribution in [1.82, 2.24) is 4.72 Å². The van der Waals surface area contributed by atoms with Crippen LogP contribution in [0.2, 0.25) is 0 Å². The Bertz CT molecular complexity index is 498. The summed E-state index contributed by atoms with van der Waals surface area (Å²) < 4.78 is 27.9. The van der Waals surface area contributed by atoms with Gasteiger partial charge in [-0.2, -0.15) is 11.8 Å². The van der Waals surface area contributed by atoms with Crippen molar-refractivity contribution in [2.75, 3.05) is 24.3 Å². The Kier molecular flexibility index (Phi) is 6.46. The SMILES string of the molecule is CSCCCNS(=O)(=O)c1c(N)cc(Br)cc1Br. The fraction of sp³-hybridized carbons (Fsp3) is 0.400. The summed E-state index contributed by atoms with van der Waals surface area (Å²) in [6.07, 6.45) is 2.77. The van der Waals surface area contributed by atoms with Crippen LogP contribution in [0.1, 0.15) is 6.42 Å². The van der Waals surface area contributed by atoms with Crippen LogP contribution in [0.25, 0.3) is 0 Å². The van der Waals surface area contributed by atoms with Crippen molar-refractivity contribution in [1.29, 1.82) is 0 Å². The number of nitrogen functional groups attached to an aromatic ring is 1. The third kappa shape index (κ3) is 4.41. The first-order valence-electron chi connectivity index (χ1n) is 5.11. The van der Waals surface area contributed by atoms with Crippen LogP contribution in [0.3, 0.4) is 0 Å². The van der Waals surface area contributed by atoms with Gasteiger partial charge in [-0.1, -0.05) is 15.9 Å². The second kappa shape index (κ2) is 7.14. The van der Waals surface area contributed by atoms with Gasteiger partial charge in [0.1, 0.15) is 4.90 Å². The first-order chi connectivity index (χ1) is 8.38. The molecule has 0 amide bonds. The second-order valence-corrected chi connectivity index (χ2v) is 8.01. The van der Waals surface area contributed by atoms with E-state index in [9.17, 15) is 8.42 Å². The van der Waals surface area contributed by atoms with Gasteiger partial charge in [-0.05, 0) is 46.5 Å². The van der Waals surface area contributed by atoms with Crippen molar-refractivity contribution >= 4 is 59.3 Å². The molecule has 102 valence electrons. The van der Waals surface area contributed by atoms with Crippen molar-refractivity contribution in [3.8, 4) is 0 Å². The van der Waals surface area contributed by atoms with Gasteiger partial charge >= 0.3 is 0 Å². The predicted molar refractivity (Wildman–Crippen MR) is 84.4 cm³/mol. The summed E-state index contributed by atoms with van der Waals surface area (Å²) in [5.41, 5.74) is 5.97. The molecule has 8 heteroatoms. The largest absolute Gasteiger partial charge is 0.398 e. The number of anilines is 1. The van der Waals surface area contributed by atoms with Crippen LogP contribution in [0.15, 0.2) is 26.0 Å². The second-order valence-electron chi connectivity index (χ2n) is 3.55. The topological polar surface area (TPSA) is 72.2 Å². The van der Waals surface area contributed by atoms with Crippen LogP contribution in [-0.2, 0) is 10.0 Å². The molecule has 0 bridgehead atoms. The van der Waals surface area contributed by atoms with Gasteiger partial charge in [-0.25, -0.2) is 13.1 Å². The molecule has 0 saturated heterocycles. The minimum atomic E-state index is -3.57. The van der Waals surface area contributed by atoms with Gasteiger partial charge in [-0.15, -0.1) is 0 Å². The van der Waals surface area contributed by atoms with E-state index in [0.29, 0.717) is 11.0 Å². The molecule has 1 rings (SSSR count). The van der Waals surface area contributed by atoms with Crippen molar-refractivity contribution in [2.24, 2.45) is 0 Å². The first kappa shape index (κ1) is 16.3.